The second-order valence-corrected chi connectivity index (χ2v) is 6.29. The lowest BCUT2D eigenvalue weighted by Crippen LogP contribution is -2.11. The van der Waals surface area contributed by atoms with Crippen LogP contribution >= 0.6 is 15.9 Å². The van der Waals surface area contributed by atoms with Crippen LogP contribution in [0.1, 0.15) is 19.6 Å². The molecule has 0 bridgehead atoms. The van der Waals surface area contributed by atoms with Crippen LogP contribution in [0.15, 0.2) is 50.9 Å². The van der Waals surface area contributed by atoms with Crippen molar-refractivity contribution in [2.24, 2.45) is 5.92 Å². The van der Waals surface area contributed by atoms with Gasteiger partial charge in [0.25, 0.3) is 0 Å². The normalized spacial score (nSPS) is 11.3. The lowest BCUT2D eigenvalue weighted by atomic mass is 10.2. The van der Waals surface area contributed by atoms with E-state index in [1.165, 1.54) is 6.08 Å². The summed E-state index contributed by atoms with van der Waals surface area (Å²) < 4.78 is 11.7. The van der Waals surface area contributed by atoms with Crippen molar-refractivity contribution in [3.8, 4) is 17.4 Å². The highest BCUT2D eigenvalue weighted by Crippen LogP contribution is 2.25. The maximum Gasteiger partial charge on any atom is 0.349 e. The lowest BCUT2D eigenvalue weighted by Gasteiger charge is -2.05. The third-order valence-electron chi connectivity index (χ3n) is 2.93. The SMILES string of the molecule is CC(C)COC(=O)/C(C#N)=C/c1ccc(-c2ccc(Br)cc2)o1. The number of benzene rings is 1. The number of rotatable bonds is 5. The van der Waals surface area contributed by atoms with Crippen molar-refractivity contribution >= 4 is 28.0 Å². The molecule has 5 heteroatoms. The molecule has 1 aromatic carbocycles. The van der Waals surface area contributed by atoms with E-state index in [-0.39, 0.29) is 18.1 Å². The van der Waals surface area contributed by atoms with Crippen LogP contribution in [-0.2, 0) is 9.53 Å². The van der Waals surface area contributed by atoms with Crippen molar-refractivity contribution in [3.63, 3.8) is 0 Å². The van der Waals surface area contributed by atoms with Crippen molar-refractivity contribution in [2.45, 2.75) is 13.8 Å². The van der Waals surface area contributed by atoms with Crippen molar-refractivity contribution in [3.05, 3.63) is 52.2 Å². The number of hydrogen-bond acceptors (Lipinski definition) is 4. The second kappa shape index (κ2) is 7.80. The minimum absolute atomic E-state index is 0.0812. The summed E-state index contributed by atoms with van der Waals surface area (Å²) in [6, 6.07) is 13.0. The van der Waals surface area contributed by atoms with E-state index in [1.54, 1.807) is 12.1 Å². The Morgan fingerprint density at radius 1 is 1.30 bits per heavy atom. The van der Waals surface area contributed by atoms with Gasteiger partial charge in [-0.05, 0) is 30.2 Å². The molecule has 0 aliphatic rings. The predicted octanol–water partition coefficient (Wildman–Crippen LogP) is 4.82. The number of hydrogen-bond donors (Lipinski definition) is 0. The summed E-state index contributed by atoms with van der Waals surface area (Å²) in [6.45, 7) is 4.14. The highest BCUT2D eigenvalue weighted by molar-refractivity contribution is 9.10. The molecule has 4 nitrogen and oxygen atoms in total. The van der Waals surface area contributed by atoms with Crippen LogP contribution in [0.25, 0.3) is 17.4 Å². The van der Waals surface area contributed by atoms with Gasteiger partial charge >= 0.3 is 5.97 Å². The minimum Gasteiger partial charge on any atom is -0.461 e. The van der Waals surface area contributed by atoms with E-state index in [0.29, 0.717) is 11.5 Å². The largest absolute Gasteiger partial charge is 0.461 e. The molecule has 0 fully saturated rings. The van der Waals surface area contributed by atoms with Crippen LogP contribution in [0.2, 0.25) is 0 Å². The van der Waals surface area contributed by atoms with E-state index in [0.717, 1.165) is 10.0 Å². The Hall–Kier alpha value is -2.32. The highest BCUT2D eigenvalue weighted by Gasteiger charge is 2.13. The average molecular weight is 374 g/mol. The van der Waals surface area contributed by atoms with Gasteiger partial charge in [0.2, 0.25) is 0 Å². The minimum atomic E-state index is -0.636. The van der Waals surface area contributed by atoms with E-state index in [9.17, 15) is 4.79 Å². The molecule has 0 unspecified atom stereocenters. The fraction of sp³-hybridized carbons (Fsp3) is 0.222. The Labute approximate surface area is 143 Å². The predicted molar refractivity (Wildman–Crippen MR) is 91.2 cm³/mol. The third kappa shape index (κ3) is 4.83. The Kier molecular flexibility index (Phi) is 5.78. The first-order valence-corrected chi connectivity index (χ1v) is 7.93. The van der Waals surface area contributed by atoms with Gasteiger partial charge in [-0.3, -0.25) is 0 Å². The zero-order chi connectivity index (χ0) is 16.8. The first-order valence-electron chi connectivity index (χ1n) is 7.14. The van der Waals surface area contributed by atoms with E-state index in [2.05, 4.69) is 15.9 Å². The van der Waals surface area contributed by atoms with Gasteiger partial charge in [0.05, 0.1) is 6.61 Å². The van der Waals surface area contributed by atoms with Gasteiger partial charge in [0.1, 0.15) is 23.2 Å². The summed E-state index contributed by atoms with van der Waals surface area (Å²) in [4.78, 5) is 11.8. The topological polar surface area (TPSA) is 63.2 Å². The van der Waals surface area contributed by atoms with E-state index >= 15 is 0 Å². The molecule has 1 heterocycles. The molecule has 2 aromatic rings. The Bertz CT molecular complexity index is 751. The van der Waals surface area contributed by atoms with Gasteiger partial charge in [0.15, 0.2) is 0 Å². The monoisotopic (exact) mass is 373 g/mol. The lowest BCUT2D eigenvalue weighted by molar-refractivity contribution is -0.139. The molecule has 0 atom stereocenters. The van der Waals surface area contributed by atoms with E-state index in [1.807, 2.05) is 44.2 Å². The quantitative estimate of drug-likeness (QED) is 0.428. The molecular formula is C18H16BrNO3. The number of carbonyl (C=O) groups excluding carboxylic acids is 1. The van der Waals surface area contributed by atoms with Gasteiger partial charge in [-0.25, -0.2) is 4.79 Å². The van der Waals surface area contributed by atoms with Crippen LogP contribution < -0.4 is 0 Å². The molecule has 0 saturated heterocycles. The van der Waals surface area contributed by atoms with Gasteiger partial charge in [-0.15, -0.1) is 0 Å². The Morgan fingerprint density at radius 2 is 2.00 bits per heavy atom. The first-order chi connectivity index (χ1) is 11.0. The molecule has 23 heavy (non-hydrogen) atoms. The standard InChI is InChI=1S/C18H16BrNO3/c1-12(2)11-22-18(21)14(10-20)9-16-7-8-17(23-16)13-3-5-15(19)6-4-13/h3-9,12H,11H2,1-2H3/b14-9+. The Morgan fingerprint density at radius 3 is 2.61 bits per heavy atom. The molecule has 0 spiro atoms. The molecule has 0 N–H and O–H groups in total. The molecule has 0 saturated carbocycles. The summed E-state index contributed by atoms with van der Waals surface area (Å²) in [5, 5.41) is 9.11. The van der Waals surface area contributed by atoms with Gasteiger partial charge in [0, 0.05) is 16.1 Å². The van der Waals surface area contributed by atoms with Crippen LogP contribution in [0.5, 0.6) is 0 Å². The van der Waals surface area contributed by atoms with Crippen molar-refractivity contribution in [1.29, 1.82) is 5.26 Å². The maximum atomic E-state index is 11.8. The van der Waals surface area contributed by atoms with Gasteiger partial charge in [-0.2, -0.15) is 5.26 Å². The van der Waals surface area contributed by atoms with Gasteiger partial charge in [-0.1, -0.05) is 41.9 Å². The van der Waals surface area contributed by atoms with Gasteiger partial charge < -0.3 is 9.15 Å². The van der Waals surface area contributed by atoms with Crippen molar-refractivity contribution < 1.29 is 13.9 Å². The second-order valence-electron chi connectivity index (χ2n) is 5.37. The van der Waals surface area contributed by atoms with Crippen molar-refractivity contribution in [1.82, 2.24) is 0 Å². The maximum absolute atomic E-state index is 11.8. The van der Waals surface area contributed by atoms with Crippen LogP contribution in [0.3, 0.4) is 0 Å². The van der Waals surface area contributed by atoms with Crippen LogP contribution in [-0.4, -0.2) is 12.6 Å². The van der Waals surface area contributed by atoms with Crippen molar-refractivity contribution in [2.75, 3.05) is 6.61 Å². The number of esters is 1. The summed E-state index contributed by atoms with van der Waals surface area (Å²) in [7, 11) is 0. The molecule has 0 aliphatic heterocycles. The smallest absolute Gasteiger partial charge is 0.349 e. The Balaban J connectivity index is 2.17. The van der Waals surface area contributed by atoms with E-state index in [4.69, 9.17) is 14.4 Å². The number of nitriles is 1. The molecule has 0 radical (unpaired) electrons. The first kappa shape index (κ1) is 17.0. The van der Waals surface area contributed by atoms with Crippen LogP contribution in [0.4, 0.5) is 0 Å². The molecule has 2 rings (SSSR count). The molecule has 1 aromatic heterocycles. The zero-order valence-electron chi connectivity index (χ0n) is 12.9. The number of halogens is 1. The number of furan rings is 1. The molecular weight excluding hydrogens is 358 g/mol. The molecule has 0 aliphatic carbocycles. The number of nitrogens with zero attached hydrogens (tertiary/aromatic N) is 1. The summed E-state index contributed by atoms with van der Waals surface area (Å²) in [5.74, 6) is 0.673. The summed E-state index contributed by atoms with van der Waals surface area (Å²) >= 11 is 3.38. The average Bonchev–Trinajstić information content (AvgIpc) is 2.99. The summed E-state index contributed by atoms with van der Waals surface area (Å²) in [6.07, 6.45) is 1.39. The molecule has 118 valence electrons. The fourth-order valence-corrected chi connectivity index (χ4v) is 2.06. The third-order valence-corrected chi connectivity index (χ3v) is 3.46. The van der Waals surface area contributed by atoms with E-state index < -0.39 is 5.97 Å². The number of carbonyl (C=O) groups is 1. The molecule has 0 amide bonds. The fourth-order valence-electron chi connectivity index (χ4n) is 1.80. The summed E-state index contributed by atoms with van der Waals surface area (Å²) in [5.41, 5.74) is 0.830. The van der Waals surface area contributed by atoms with Crippen LogP contribution in [0, 0.1) is 17.2 Å². The number of ether oxygens (including phenoxy) is 1. The highest BCUT2D eigenvalue weighted by atomic mass is 79.9. The zero-order valence-corrected chi connectivity index (χ0v) is 14.5.